The van der Waals surface area contributed by atoms with Gasteiger partial charge in [0.05, 0.1) is 0 Å². The molecule has 21 heavy (non-hydrogen) atoms. The Kier molecular flexibility index (Phi) is 5.62. The maximum Gasteiger partial charge on any atom is 0.226 e. The molecule has 1 amide bonds. The predicted octanol–water partition coefficient (Wildman–Crippen LogP) is 3.18. The van der Waals surface area contributed by atoms with Gasteiger partial charge in [0, 0.05) is 36.4 Å². The summed E-state index contributed by atoms with van der Waals surface area (Å²) in [7, 11) is 0. The predicted molar refractivity (Wildman–Crippen MR) is 88.7 cm³/mol. The molecule has 0 unspecified atom stereocenters. The van der Waals surface area contributed by atoms with Gasteiger partial charge >= 0.3 is 0 Å². The summed E-state index contributed by atoms with van der Waals surface area (Å²) in [6.45, 7) is 9.52. The van der Waals surface area contributed by atoms with Gasteiger partial charge in [-0.1, -0.05) is 20.8 Å². The molecule has 0 atom stereocenters. The Morgan fingerprint density at radius 1 is 1.19 bits per heavy atom. The number of anilines is 2. The van der Waals surface area contributed by atoms with E-state index in [1.165, 1.54) is 25.9 Å². The molecule has 0 saturated carbocycles. The lowest BCUT2D eigenvalue weighted by Crippen LogP contribution is -2.38. The molecule has 1 saturated heterocycles. The van der Waals surface area contributed by atoms with Crippen LogP contribution in [-0.4, -0.2) is 36.5 Å². The van der Waals surface area contributed by atoms with Crippen molar-refractivity contribution in [1.29, 1.82) is 0 Å². The first-order valence-corrected chi connectivity index (χ1v) is 7.98. The largest absolute Gasteiger partial charge is 0.382 e. The third kappa shape index (κ3) is 4.74. The molecular weight excluding hydrogens is 262 g/mol. The average Bonchev–Trinajstić information content (AvgIpc) is 2.50. The molecule has 1 aromatic rings. The molecule has 4 nitrogen and oxygen atoms in total. The van der Waals surface area contributed by atoms with Gasteiger partial charge in [-0.2, -0.15) is 0 Å². The van der Waals surface area contributed by atoms with Gasteiger partial charge < -0.3 is 15.5 Å². The number of amides is 1. The number of nitrogens with zero attached hydrogens (tertiary/aromatic N) is 1. The summed E-state index contributed by atoms with van der Waals surface area (Å²) in [6.07, 6.45) is 2.39. The van der Waals surface area contributed by atoms with Gasteiger partial charge in [0.2, 0.25) is 5.91 Å². The highest BCUT2D eigenvalue weighted by molar-refractivity contribution is 5.92. The van der Waals surface area contributed by atoms with Gasteiger partial charge in [0.15, 0.2) is 0 Å². The lowest BCUT2D eigenvalue weighted by molar-refractivity contribution is -0.118. The van der Waals surface area contributed by atoms with E-state index in [9.17, 15) is 4.79 Å². The van der Waals surface area contributed by atoms with E-state index in [0.29, 0.717) is 6.04 Å². The van der Waals surface area contributed by atoms with Crippen molar-refractivity contribution in [3.63, 3.8) is 0 Å². The third-order valence-corrected chi connectivity index (χ3v) is 4.08. The Morgan fingerprint density at radius 3 is 2.29 bits per heavy atom. The van der Waals surface area contributed by atoms with Crippen LogP contribution in [0.5, 0.6) is 0 Å². The number of carbonyl (C=O) groups is 1. The van der Waals surface area contributed by atoms with E-state index < -0.39 is 0 Å². The van der Waals surface area contributed by atoms with Crippen LogP contribution in [0.3, 0.4) is 0 Å². The molecule has 1 heterocycles. The maximum absolute atomic E-state index is 11.6. The highest BCUT2D eigenvalue weighted by Gasteiger charge is 2.17. The molecule has 116 valence electrons. The highest BCUT2D eigenvalue weighted by Crippen LogP contribution is 2.19. The second-order valence-corrected chi connectivity index (χ2v) is 6.07. The van der Waals surface area contributed by atoms with Crippen LogP contribution in [0.4, 0.5) is 11.4 Å². The Labute approximate surface area is 127 Å². The molecule has 1 aliphatic rings. The molecule has 4 heteroatoms. The third-order valence-electron chi connectivity index (χ3n) is 4.08. The van der Waals surface area contributed by atoms with Crippen LogP contribution in [0.1, 0.15) is 33.6 Å². The lowest BCUT2D eigenvalue weighted by atomic mass is 10.0. The number of rotatable bonds is 5. The topological polar surface area (TPSA) is 44.4 Å². The van der Waals surface area contributed by atoms with Crippen LogP contribution in [0.25, 0.3) is 0 Å². The molecule has 1 fully saturated rings. The zero-order valence-electron chi connectivity index (χ0n) is 13.4. The summed E-state index contributed by atoms with van der Waals surface area (Å²) in [5, 5.41) is 6.50. The number of piperidine rings is 1. The summed E-state index contributed by atoms with van der Waals surface area (Å²) in [4.78, 5) is 14.1. The van der Waals surface area contributed by atoms with Gasteiger partial charge in [-0.25, -0.2) is 0 Å². The molecule has 1 aromatic carbocycles. The lowest BCUT2D eigenvalue weighted by Gasteiger charge is -2.32. The summed E-state index contributed by atoms with van der Waals surface area (Å²) in [6, 6.07) is 8.57. The maximum atomic E-state index is 11.6. The molecule has 0 radical (unpaired) electrons. The van der Waals surface area contributed by atoms with Gasteiger partial charge in [-0.3, -0.25) is 4.79 Å². The second kappa shape index (κ2) is 7.46. The van der Waals surface area contributed by atoms with Crippen LogP contribution in [0.15, 0.2) is 24.3 Å². The zero-order chi connectivity index (χ0) is 15.2. The number of nitrogens with one attached hydrogen (secondary N) is 2. The minimum Gasteiger partial charge on any atom is -0.382 e. The van der Waals surface area contributed by atoms with Crippen molar-refractivity contribution in [2.75, 3.05) is 30.3 Å². The summed E-state index contributed by atoms with van der Waals surface area (Å²) in [5.41, 5.74) is 1.99. The second-order valence-electron chi connectivity index (χ2n) is 6.07. The van der Waals surface area contributed by atoms with E-state index >= 15 is 0 Å². The molecule has 0 spiro atoms. The fourth-order valence-corrected chi connectivity index (χ4v) is 2.57. The number of hydrogen-bond donors (Lipinski definition) is 2. The monoisotopic (exact) mass is 289 g/mol. The van der Waals surface area contributed by atoms with Gasteiger partial charge in [0.1, 0.15) is 0 Å². The number of likely N-dealkylation sites (tertiary alicyclic amines) is 1. The Balaban J connectivity index is 1.84. The van der Waals surface area contributed by atoms with Gasteiger partial charge in [-0.05, 0) is 43.7 Å². The van der Waals surface area contributed by atoms with E-state index in [4.69, 9.17) is 0 Å². The molecule has 2 N–H and O–H groups in total. The Bertz CT molecular complexity index is 448. The Morgan fingerprint density at radius 2 is 1.76 bits per heavy atom. The highest BCUT2D eigenvalue weighted by atomic mass is 16.1. The van der Waals surface area contributed by atoms with Gasteiger partial charge in [-0.15, -0.1) is 0 Å². The average molecular weight is 289 g/mol. The minimum atomic E-state index is 0.00607. The zero-order valence-corrected chi connectivity index (χ0v) is 13.4. The molecule has 2 rings (SSSR count). The van der Waals surface area contributed by atoms with Crippen molar-refractivity contribution < 1.29 is 4.79 Å². The van der Waals surface area contributed by atoms with Crippen LogP contribution < -0.4 is 10.6 Å². The summed E-state index contributed by atoms with van der Waals surface area (Å²) >= 11 is 0. The molecule has 0 aromatic heterocycles. The van der Waals surface area contributed by atoms with Crippen LogP contribution >= 0.6 is 0 Å². The molecular formula is C17H27N3O. The first-order chi connectivity index (χ1) is 10.1. The minimum absolute atomic E-state index is 0.00607. The molecule has 1 aliphatic heterocycles. The van der Waals surface area contributed by atoms with E-state index in [1.807, 2.05) is 38.1 Å². The van der Waals surface area contributed by atoms with Gasteiger partial charge in [0.25, 0.3) is 0 Å². The van der Waals surface area contributed by atoms with Crippen molar-refractivity contribution in [2.24, 2.45) is 5.92 Å². The smallest absolute Gasteiger partial charge is 0.226 e. The van der Waals surface area contributed by atoms with Crippen molar-refractivity contribution in [3.8, 4) is 0 Å². The number of benzene rings is 1. The molecule has 0 bridgehead atoms. The van der Waals surface area contributed by atoms with Crippen molar-refractivity contribution in [2.45, 2.75) is 39.7 Å². The normalized spacial score (nSPS) is 17.0. The Hall–Kier alpha value is -1.55. The fourth-order valence-electron chi connectivity index (χ4n) is 2.57. The van der Waals surface area contributed by atoms with E-state index in [0.717, 1.165) is 17.9 Å². The van der Waals surface area contributed by atoms with Crippen LogP contribution in [-0.2, 0) is 4.79 Å². The van der Waals surface area contributed by atoms with Crippen LogP contribution in [0, 0.1) is 5.92 Å². The van der Waals surface area contributed by atoms with E-state index in [1.54, 1.807) is 0 Å². The fraction of sp³-hybridized carbons (Fsp3) is 0.588. The van der Waals surface area contributed by atoms with E-state index in [2.05, 4.69) is 22.5 Å². The SMILES string of the molecule is CCN1CCC(Nc2ccc(NC(=O)C(C)C)cc2)CC1. The summed E-state index contributed by atoms with van der Waals surface area (Å²) in [5.74, 6) is 0.0641. The first-order valence-electron chi connectivity index (χ1n) is 7.98. The summed E-state index contributed by atoms with van der Waals surface area (Å²) < 4.78 is 0. The number of carbonyl (C=O) groups excluding carboxylic acids is 1. The number of hydrogen-bond acceptors (Lipinski definition) is 3. The van der Waals surface area contributed by atoms with E-state index in [-0.39, 0.29) is 11.8 Å². The molecule has 0 aliphatic carbocycles. The quantitative estimate of drug-likeness (QED) is 0.875. The van der Waals surface area contributed by atoms with Crippen molar-refractivity contribution >= 4 is 17.3 Å². The standard InChI is InChI=1S/C17H27N3O/c1-4-20-11-9-16(10-12-20)18-14-5-7-15(8-6-14)19-17(21)13(2)3/h5-8,13,16,18H,4,9-12H2,1-3H3,(H,19,21). The van der Waals surface area contributed by atoms with Crippen molar-refractivity contribution in [1.82, 2.24) is 4.90 Å². The van der Waals surface area contributed by atoms with Crippen LogP contribution in [0.2, 0.25) is 0 Å². The van der Waals surface area contributed by atoms with Crippen molar-refractivity contribution in [3.05, 3.63) is 24.3 Å². The first kappa shape index (κ1) is 15.8.